The number of hydrogen-bond acceptors (Lipinski definition) is 0. The second-order valence-electron chi connectivity index (χ2n) is 3.36. The van der Waals surface area contributed by atoms with Crippen LogP contribution in [0.1, 0.15) is 18.4 Å². The Balaban J connectivity index is 2.12. The van der Waals surface area contributed by atoms with Crippen LogP contribution in [0.3, 0.4) is 0 Å². The maximum atomic E-state index is 12.9. The van der Waals surface area contributed by atoms with Crippen molar-refractivity contribution in [3.05, 3.63) is 51.8 Å². The highest BCUT2D eigenvalue weighted by Gasteiger charge is 2.07. The van der Waals surface area contributed by atoms with Crippen molar-refractivity contribution in [3.8, 4) is 0 Å². The summed E-state index contributed by atoms with van der Waals surface area (Å²) >= 11 is 3.15. The summed E-state index contributed by atoms with van der Waals surface area (Å²) in [6.07, 6.45) is 8.59. The molecule has 1 fully saturated rings. The molecule has 0 unspecified atom stereocenters. The molecule has 0 saturated heterocycles. The molecule has 72 valence electrons. The average Bonchev–Trinajstić information content (AvgIpc) is 2.95. The Morgan fingerprint density at radius 2 is 2.07 bits per heavy atom. The lowest BCUT2D eigenvalue weighted by Crippen LogP contribution is -1.77. The van der Waals surface area contributed by atoms with Gasteiger partial charge in [0.05, 0.1) is 4.47 Å². The molecule has 1 aromatic rings. The van der Waals surface area contributed by atoms with Crippen molar-refractivity contribution in [1.29, 1.82) is 0 Å². The first-order valence-corrected chi connectivity index (χ1v) is 5.36. The van der Waals surface area contributed by atoms with E-state index in [1.54, 1.807) is 12.1 Å². The summed E-state index contributed by atoms with van der Waals surface area (Å²) in [5.74, 6) is -0.220. The Kier molecular flexibility index (Phi) is 2.82. The lowest BCUT2D eigenvalue weighted by atomic mass is 10.2. The van der Waals surface area contributed by atoms with E-state index in [2.05, 4.69) is 22.0 Å². The van der Waals surface area contributed by atoms with Crippen molar-refractivity contribution in [2.45, 2.75) is 12.8 Å². The largest absolute Gasteiger partial charge is 0.206 e. The van der Waals surface area contributed by atoms with Crippen LogP contribution in [0.5, 0.6) is 0 Å². The fourth-order valence-corrected chi connectivity index (χ4v) is 1.55. The Morgan fingerprint density at radius 1 is 1.29 bits per heavy atom. The summed E-state index contributed by atoms with van der Waals surface area (Å²) in [4.78, 5) is 0. The molecular formula is C12H10BrF. The van der Waals surface area contributed by atoms with E-state index in [0.717, 1.165) is 5.56 Å². The molecule has 0 radical (unpaired) electrons. The molecule has 1 aromatic carbocycles. The lowest BCUT2D eigenvalue weighted by molar-refractivity contribution is 0.621. The molecule has 0 aliphatic heterocycles. The maximum Gasteiger partial charge on any atom is 0.137 e. The maximum absolute atomic E-state index is 12.9. The molecule has 14 heavy (non-hydrogen) atoms. The molecule has 2 rings (SSSR count). The van der Waals surface area contributed by atoms with Crippen molar-refractivity contribution < 1.29 is 4.39 Å². The summed E-state index contributed by atoms with van der Waals surface area (Å²) in [6.45, 7) is 0. The van der Waals surface area contributed by atoms with Gasteiger partial charge in [-0.3, -0.25) is 0 Å². The molecule has 1 saturated carbocycles. The van der Waals surface area contributed by atoms with E-state index >= 15 is 0 Å². The van der Waals surface area contributed by atoms with Gasteiger partial charge in [-0.15, -0.1) is 0 Å². The fraction of sp³-hybridized carbons (Fsp3) is 0.167. The molecule has 0 nitrogen and oxygen atoms in total. The first kappa shape index (κ1) is 9.66. The number of rotatable bonds is 2. The molecule has 0 heterocycles. The van der Waals surface area contributed by atoms with Gasteiger partial charge < -0.3 is 0 Å². The van der Waals surface area contributed by atoms with Gasteiger partial charge in [-0.25, -0.2) is 4.39 Å². The van der Waals surface area contributed by atoms with Crippen LogP contribution in [0.25, 0.3) is 6.08 Å². The lowest BCUT2D eigenvalue weighted by Gasteiger charge is -1.95. The van der Waals surface area contributed by atoms with E-state index in [1.165, 1.54) is 24.5 Å². The molecule has 0 atom stereocenters. The Bertz CT molecular complexity index is 399. The molecule has 0 N–H and O–H groups in total. The van der Waals surface area contributed by atoms with Gasteiger partial charge in [0.15, 0.2) is 0 Å². The van der Waals surface area contributed by atoms with Crippen molar-refractivity contribution in [2.24, 2.45) is 0 Å². The molecule has 1 aliphatic rings. The topological polar surface area (TPSA) is 0 Å². The Labute approximate surface area is 91.3 Å². The first-order valence-electron chi connectivity index (χ1n) is 4.57. The molecule has 2 heteroatoms. The Hall–Kier alpha value is -0.890. The zero-order chi connectivity index (χ0) is 9.97. The SMILES string of the molecule is Fc1ccc(/C=C/C=C2CC2)cc1Br. The number of hydrogen-bond donors (Lipinski definition) is 0. The molecule has 0 amide bonds. The van der Waals surface area contributed by atoms with Gasteiger partial charge in [0.1, 0.15) is 5.82 Å². The van der Waals surface area contributed by atoms with Crippen LogP contribution >= 0.6 is 15.9 Å². The van der Waals surface area contributed by atoms with Gasteiger partial charge in [-0.2, -0.15) is 0 Å². The van der Waals surface area contributed by atoms with Gasteiger partial charge >= 0.3 is 0 Å². The molecule has 0 aromatic heterocycles. The quantitative estimate of drug-likeness (QED) is 0.736. The van der Waals surface area contributed by atoms with Crippen LogP contribution in [0.15, 0.2) is 40.4 Å². The molecule has 0 spiro atoms. The standard InChI is InChI=1S/C12H10BrF/c13-11-8-10(6-7-12(11)14)3-1-2-9-4-5-9/h1-3,6-8H,4-5H2/b3-1+. The minimum atomic E-state index is -0.220. The van der Waals surface area contributed by atoms with E-state index < -0.39 is 0 Å². The molecule has 1 aliphatic carbocycles. The van der Waals surface area contributed by atoms with Gasteiger partial charge in [0.2, 0.25) is 0 Å². The highest BCUT2D eigenvalue weighted by molar-refractivity contribution is 9.10. The predicted molar refractivity (Wildman–Crippen MR) is 60.5 cm³/mol. The average molecular weight is 253 g/mol. The third kappa shape index (κ3) is 2.55. The highest BCUT2D eigenvalue weighted by atomic mass is 79.9. The van der Waals surface area contributed by atoms with Crippen LogP contribution < -0.4 is 0 Å². The van der Waals surface area contributed by atoms with E-state index in [4.69, 9.17) is 0 Å². The highest BCUT2D eigenvalue weighted by Crippen LogP contribution is 2.27. The third-order valence-electron chi connectivity index (χ3n) is 2.10. The van der Waals surface area contributed by atoms with Crippen molar-refractivity contribution in [1.82, 2.24) is 0 Å². The van der Waals surface area contributed by atoms with E-state index in [1.807, 2.05) is 12.2 Å². The van der Waals surface area contributed by atoms with Crippen LogP contribution in [0, 0.1) is 5.82 Å². The minimum absolute atomic E-state index is 0.220. The zero-order valence-electron chi connectivity index (χ0n) is 7.63. The summed E-state index contributed by atoms with van der Waals surface area (Å²) in [6, 6.07) is 5.01. The monoisotopic (exact) mass is 252 g/mol. The minimum Gasteiger partial charge on any atom is -0.206 e. The van der Waals surface area contributed by atoms with E-state index in [-0.39, 0.29) is 5.82 Å². The fourth-order valence-electron chi connectivity index (χ4n) is 1.15. The summed E-state index contributed by atoms with van der Waals surface area (Å²) in [5.41, 5.74) is 2.50. The summed E-state index contributed by atoms with van der Waals surface area (Å²) in [5, 5.41) is 0. The number of halogens is 2. The van der Waals surface area contributed by atoms with Crippen LogP contribution in [-0.2, 0) is 0 Å². The summed E-state index contributed by atoms with van der Waals surface area (Å²) in [7, 11) is 0. The first-order chi connectivity index (χ1) is 6.75. The van der Waals surface area contributed by atoms with E-state index in [9.17, 15) is 4.39 Å². The summed E-state index contributed by atoms with van der Waals surface area (Å²) < 4.78 is 13.4. The van der Waals surface area contributed by atoms with Gasteiger partial charge in [-0.1, -0.05) is 29.9 Å². The number of benzene rings is 1. The molecular weight excluding hydrogens is 243 g/mol. The second-order valence-corrected chi connectivity index (χ2v) is 4.21. The van der Waals surface area contributed by atoms with Gasteiger partial charge in [0.25, 0.3) is 0 Å². The second kappa shape index (κ2) is 4.09. The smallest absolute Gasteiger partial charge is 0.137 e. The normalized spacial score (nSPS) is 14.9. The van der Waals surface area contributed by atoms with Crippen molar-refractivity contribution in [2.75, 3.05) is 0 Å². The number of allylic oxidation sites excluding steroid dienone is 3. The van der Waals surface area contributed by atoms with Crippen LogP contribution in [0.4, 0.5) is 4.39 Å². The van der Waals surface area contributed by atoms with E-state index in [0.29, 0.717) is 4.47 Å². The van der Waals surface area contributed by atoms with Crippen molar-refractivity contribution in [3.63, 3.8) is 0 Å². The van der Waals surface area contributed by atoms with Crippen LogP contribution in [-0.4, -0.2) is 0 Å². The zero-order valence-corrected chi connectivity index (χ0v) is 9.22. The molecule has 0 bridgehead atoms. The third-order valence-corrected chi connectivity index (χ3v) is 2.71. The van der Waals surface area contributed by atoms with Gasteiger partial charge in [0, 0.05) is 0 Å². The van der Waals surface area contributed by atoms with Crippen molar-refractivity contribution >= 4 is 22.0 Å². The van der Waals surface area contributed by atoms with Crippen LogP contribution in [0.2, 0.25) is 0 Å². The predicted octanol–water partition coefficient (Wildman–Crippen LogP) is 4.32. The van der Waals surface area contributed by atoms with Gasteiger partial charge in [-0.05, 0) is 46.5 Å². The Morgan fingerprint density at radius 3 is 2.71 bits per heavy atom.